The average molecular weight is 440 g/mol. The molecule has 0 saturated heterocycles. The summed E-state index contributed by atoms with van der Waals surface area (Å²) >= 11 is -2.82. The summed E-state index contributed by atoms with van der Waals surface area (Å²) in [5.41, 5.74) is 0. The van der Waals surface area contributed by atoms with Gasteiger partial charge in [-0.1, -0.05) is 0 Å². The van der Waals surface area contributed by atoms with Crippen LogP contribution in [0.15, 0.2) is 0 Å². The predicted octanol–water partition coefficient (Wildman–Crippen LogP) is 7.17. The molecule has 0 aromatic carbocycles. The van der Waals surface area contributed by atoms with Crippen LogP contribution in [0.5, 0.6) is 0 Å². The molecule has 6 rings (SSSR count). The van der Waals surface area contributed by atoms with Crippen molar-refractivity contribution < 1.29 is 0 Å². The molecule has 0 atom stereocenters. The molecular formula is C21H33ClSn. The van der Waals surface area contributed by atoms with E-state index in [1.807, 2.05) is 0 Å². The quantitative estimate of drug-likeness (QED) is 0.409. The fourth-order valence-corrected chi connectivity index (χ4v) is 38.0. The standard InChI is InChI=1S/3C7H11.ClH.Sn/c3*1-2-7-4-3-6(1)5-7;;/h3*6H,1-5H2;1H;/q;;;;+1/p-1. The summed E-state index contributed by atoms with van der Waals surface area (Å²) < 4.78 is 2.25. The van der Waals surface area contributed by atoms with Gasteiger partial charge in [-0.2, -0.15) is 0 Å². The Bertz CT molecular complexity index is 442. The molecule has 0 spiro atoms. The third kappa shape index (κ3) is 1.64. The van der Waals surface area contributed by atoms with Gasteiger partial charge < -0.3 is 0 Å². The Balaban J connectivity index is 1.53. The number of halogens is 1. The van der Waals surface area contributed by atoms with Gasteiger partial charge in [0, 0.05) is 0 Å². The van der Waals surface area contributed by atoms with E-state index in [4.69, 9.17) is 8.92 Å². The van der Waals surface area contributed by atoms with Crippen LogP contribution in [0.1, 0.15) is 96.3 Å². The molecule has 0 N–H and O–H groups in total. The van der Waals surface area contributed by atoms with Crippen LogP contribution in [0.2, 0.25) is 10.3 Å². The first-order valence-electron chi connectivity index (χ1n) is 10.8. The summed E-state index contributed by atoms with van der Waals surface area (Å²) in [6.07, 6.45) is 23.6. The van der Waals surface area contributed by atoms with Gasteiger partial charge in [0.05, 0.1) is 0 Å². The zero-order valence-corrected chi connectivity index (χ0v) is 18.3. The summed E-state index contributed by atoms with van der Waals surface area (Å²) in [6, 6.07) is 0. The molecule has 0 aliphatic heterocycles. The van der Waals surface area contributed by atoms with E-state index in [-0.39, 0.29) is 0 Å². The Kier molecular flexibility index (Phi) is 3.08. The van der Waals surface area contributed by atoms with Gasteiger partial charge in [0.15, 0.2) is 0 Å². The van der Waals surface area contributed by atoms with E-state index < -0.39 is 17.3 Å². The second-order valence-corrected chi connectivity index (χ2v) is 27.6. The molecule has 6 saturated carbocycles. The van der Waals surface area contributed by atoms with Crippen molar-refractivity contribution in [3.8, 4) is 0 Å². The van der Waals surface area contributed by atoms with Crippen LogP contribution in [-0.4, -0.2) is 17.3 Å². The van der Waals surface area contributed by atoms with Crippen molar-refractivity contribution in [3.63, 3.8) is 0 Å². The minimum absolute atomic E-state index is 0.749. The molecule has 0 aromatic rings. The Morgan fingerprint density at radius 1 is 0.522 bits per heavy atom. The zero-order valence-electron chi connectivity index (χ0n) is 14.7. The van der Waals surface area contributed by atoms with Gasteiger partial charge in [0.25, 0.3) is 0 Å². The van der Waals surface area contributed by atoms with E-state index in [1.165, 1.54) is 0 Å². The van der Waals surface area contributed by atoms with E-state index >= 15 is 0 Å². The fraction of sp³-hybridized carbons (Fsp3) is 1.00. The molecule has 6 fully saturated rings. The molecule has 0 aromatic heterocycles. The third-order valence-electron chi connectivity index (χ3n) is 10.4. The second kappa shape index (κ2) is 4.67. The summed E-state index contributed by atoms with van der Waals surface area (Å²) in [5.74, 6) is 3.28. The Labute approximate surface area is 150 Å². The summed E-state index contributed by atoms with van der Waals surface area (Å²) in [7, 11) is 8.42. The Morgan fingerprint density at radius 2 is 0.783 bits per heavy atom. The molecule has 2 heteroatoms. The summed E-state index contributed by atoms with van der Waals surface area (Å²) in [6.45, 7) is 0. The maximum atomic E-state index is 8.42. The molecule has 0 nitrogen and oxygen atoms in total. The van der Waals surface area contributed by atoms with E-state index in [0.29, 0.717) is 0 Å². The SMILES string of the molecule is [Cl][Sn]([C]12CCC(CC1)C2)([C]12CCC(CC1)C2)[C]12CCC(CC1)C2. The van der Waals surface area contributed by atoms with Crippen molar-refractivity contribution in [2.24, 2.45) is 17.8 Å². The third-order valence-corrected chi connectivity index (χ3v) is 37.0. The van der Waals surface area contributed by atoms with Gasteiger partial charge >= 0.3 is 151 Å². The molecule has 0 amide bonds. The molecule has 0 heterocycles. The van der Waals surface area contributed by atoms with Crippen LogP contribution in [0, 0.1) is 17.8 Å². The van der Waals surface area contributed by atoms with Crippen LogP contribution >= 0.6 is 8.92 Å². The van der Waals surface area contributed by atoms with Crippen LogP contribution in [0.25, 0.3) is 0 Å². The topological polar surface area (TPSA) is 0 Å². The first-order chi connectivity index (χ1) is 11.1. The molecule has 0 radical (unpaired) electrons. The van der Waals surface area contributed by atoms with Crippen molar-refractivity contribution in [2.75, 3.05) is 0 Å². The van der Waals surface area contributed by atoms with Gasteiger partial charge in [-0.05, 0) is 0 Å². The Morgan fingerprint density at radius 3 is 0.957 bits per heavy atom. The monoisotopic (exact) mass is 440 g/mol. The number of fused-ring (bicyclic) bond motifs is 6. The molecule has 6 aliphatic rings. The second-order valence-electron chi connectivity index (χ2n) is 10.9. The number of hydrogen-bond donors (Lipinski definition) is 0. The van der Waals surface area contributed by atoms with Crippen LogP contribution in [0.3, 0.4) is 0 Å². The summed E-state index contributed by atoms with van der Waals surface area (Å²) in [4.78, 5) is 0. The van der Waals surface area contributed by atoms with Crippen LogP contribution < -0.4 is 0 Å². The first-order valence-corrected chi connectivity index (χ1v) is 18.7. The van der Waals surface area contributed by atoms with Crippen molar-refractivity contribution in [3.05, 3.63) is 0 Å². The van der Waals surface area contributed by atoms with Gasteiger partial charge in [0.2, 0.25) is 0 Å². The van der Waals surface area contributed by atoms with Gasteiger partial charge in [0.1, 0.15) is 0 Å². The van der Waals surface area contributed by atoms with E-state index in [0.717, 1.165) is 28.0 Å². The van der Waals surface area contributed by atoms with Gasteiger partial charge in [-0.15, -0.1) is 0 Å². The zero-order chi connectivity index (χ0) is 15.3. The van der Waals surface area contributed by atoms with Gasteiger partial charge in [-0.25, -0.2) is 0 Å². The number of hydrogen-bond acceptors (Lipinski definition) is 0. The van der Waals surface area contributed by atoms with Crippen molar-refractivity contribution in [1.29, 1.82) is 0 Å². The molecule has 0 unspecified atom stereocenters. The normalized spacial score (nSPS) is 59.1. The average Bonchev–Trinajstić information content (AvgIpc) is 3.43. The number of rotatable bonds is 3. The molecule has 6 aliphatic carbocycles. The fourth-order valence-electron chi connectivity index (χ4n) is 9.72. The van der Waals surface area contributed by atoms with E-state index in [2.05, 4.69) is 0 Å². The van der Waals surface area contributed by atoms with Crippen molar-refractivity contribution in [1.82, 2.24) is 0 Å². The molecular weight excluding hydrogens is 406 g/mol. The Hall–Kier alpha value is 1.09. The van der Waals surface area contributed by atoms with E-state index in [1.54, 1.807) is 96.3 Å². The van der Waals surface area contributed by atoms with Crippen molar-refractivity contribution >= 4 is 26.2 Å². The van der Waals surface area contributed by atoms with Crippen molar-refractivity contribution in [2.45, 2.75) is 107 Å². The summed E-state index contributed by atoms with van der Waals surface area (Å²) in [5, 5.41) is 0. The van der Waals surface area contributed by atoms with E-state index in [9.17, 15) is 0 Å². The molecule has 23 heavy (non-hydrogen) atoms. The van der Waals surface area contributed by atoms with Crippen LogP contribution in [-0.2, 0) is 0 Å². The maximum absolute atomic E-state index is 8.42. The first kappa shape index (κ1) is 15.2. The van der Waals surface area contributed by atoms with Gasteiger partial charge in [-0.3, -0.25) is 0 Å². The molecule has 6 bridgehead atoms. The van der Waals surface area contributed by atoms with Crippen LogP contribution in [0.4, 0.5) is 0 Å². The minimum atomic E-state index is -2.82. The predicted molar refractivity (Wildman–Crippen MR) is 99.4 cm³/mol. The molecule has 128 valence electrons.